The van der Waals surface area contributed by atoms with Gasteiger partial charge in [-0.05, 0) is 91.1 Å². The molecule has 4 aliphatic rings. The van der Waals surface area contributed by atoms with Gasteiger partial charge in [0.05, 0.1) is 11.8 Å². The summed E-state index contributed by atoms with van der Waals surface area (Å²) in [7, 11) is 1.89. The summed E-state index contributed by atoms with van der Waals surface area (Å²) in [5, 5.41) is 0. The zero-order chi connectivity index (χ0) is 20.2. The summed E-state index contributed by atoms with van der Waals surface area (Å²) in [6, 6.07) is 2.11. The van der Waals surface area contributed by atoms with Gasteiger partial charge in [-0.1, -0.05) is 38.5 Å². The first-order chi connectivity index (χ1) is 14.0. The second-order valence-electron chi connectivity index (χ2n) is 10.5. The van der Waals surface area contributed by atoms with E-state index in [4.69, 9.17) is 4.74 Å². The molecule has 0 spiro atoms. The predicted octanol–water partition coefficient (Wildman–Crippen LogP) is 6.08. The van der Waals surface area contributed by atoms with E-state index in [2.05, 4.69) is 49.0 Å². The molecule has 0 radical (unpaired) electrons. The number of allylic oxidation sites excluding steroid dienone is 3. The fourth-order valence-electron chi connectivity index (χ4n) is 7.80. The maximum Gasteiger partial charge on any atom is 0.116 e. The van der Waals surface area contributed by atoms with Crippen molar-refractivity contribution in [3.05, 3.63) is 42.0 Å². The number of methoxy groups -OCH3 is 1. The number of ether oxygens (including phenoxy) is 1. The lowest BCUT2D eigenvalue weighted by atomic mass is 9.45. The highest BCUT2D eigenvalue weighted by Crippen LogP contribution is 2.67. The van der Waals surface area contributed by atoms with Crippen LogP contribution in [0, 0.1) is 34.5 Å². The molecule has 1 aromatic rings. The summed E-state index contributed by atoms with van der Waals surface area (Å²) in [5.41, 5.74) is 4.99. The largest absolute Gasteiger partial charge is 0.381 e. The van der Waals surface area contributed by atoms with E-state index in [0.717, 1.165) is 29.9 Å². The molecule has 0 amide bonds. The molecule has 2 saturated carbocycles. The molecule has 0 bridgehead atoms. The summed E-state index contributed by atoms with van der Waals surface area (Å²) < 4.78 is 5.78. The van der Waals surface area contributed by atoms with Crippen LogP contribution >= 0.6 is 0 Å². The summed E-state index contributed by atoms with van der Waals surface area (Å²) in [6.45, 7) is 7.52. The Balaban J connectivity index is 1.51. The highest BCUT2D eigenvalue weighted by molar-refractivity contribution is 5.70. The zero-order valence-electron chi connectivity index (χ0n) is 18.5. The van der Waals surface area contributed by atoms with Gasteiger partial charge >= 0.3 is 0 Å². The van der Waals surface area contributed by atoms with Crippen LogP contribution in [0.3, 0.4) is 0 Å². The molecule has 7 atom stereocenters. The van der Waals surface area contributed by atoms with Crippen LogP contribution in [0.5, 0.6) is 0 Å². The number of rotatable bonds is 3. The molecule has 1 heterocycles. The van der Waals surface area contributed by atoms with E-state index in [1.165, 1.54) is 44.1 Å². The van der Waals surface area contributed by atoms with Gasteiger partial charge in [0.15, 0.2) is 0 Å². The Labute approximate surface area is 176 Å². The van der Waals surface area contributed by atoms with Gasteiger partial charge < -0.3 is 4.74 Å². The van der Waals surface area contributed by atoms with E-state index >= 15 is 0 Å². The number of hydrogen-bond donors (Lipinski definition) is 0. The average Bonchev–Trinajstić information content (AvgIpc) is 3.10. The van der Waals surface area contributed by atoms with Crippen molar-refractivity contribution in [2.75, 3.05) is 7.11 Å². The topological polar surface area (TPSA) is 35.0 Å². The monoisotopic (exact) mass is 392 g/mol. The van der Waals surface area contributed by atoms with Crippen LogP contribution in [0.25, 0.3) is 5.57 Å². The lowest BCUT2D eigenvalue weighted by Crippen LogP contribution is -2.52. The Kier molecular flexibility index (Phi) is 4.73. The van der Waals surface area contributed by atoms with Gasteiger partial charge in [-0.25, -0.2) is 9.97 Å². The van der Waals surface area contributed by atoms with Crippen LogP contribution in [0.4, 0.5) is 0 Å². The number of nitrogens with zero attached hydrogens (tertiary/aromatic N) is 2. The van der Waals surface area contributed by atoms with Gasteiger partial charge in [0.1, 0.15) is 6.33 Å². The van der Waals surface area contributed by atoms with Crippen LogP contribution in [-0.2, 0) is 4.74 Å². The molecule has 2 unspecified atom stereocenters. The number of fused-ring (bicyclic) bond motifs is 5. The molecular formula is C26H36N2O. The van der Waals surface area contributed by atoms with E-state index < -0.39 is 0 Å². The van der Waals surface area contributed by atoms with Crippen molar-refractivity contribution in [3.8, 4) is 0 Å². The lowest BCUT2D eigenvalue weighted by molar-refractivity contribution is -0.0508. The van der Waals surface area contributed by atoms with Gasteiger partial charge in [0.25, 0.3) is 0 Å². The zero-order valence-corrected chi connectivity index (χ0v) is 18.5. The molecule has 5 rings (SSSR count). The smallest absolute Gasteiger partial charge is 0.116 e. The van der Waals surface area contributed by atoms with Gasteiger partial charge in [0, 0.05) is 13.3 Å². The predicted molar refractivity (Wildman–Crippen MR) is 117 cm³/mol. The Hall–Kier alpha value is -1.48. The molecule has 0 N–H and O–H groups in total. The molecule has 4 aliphatic carbocycles. The van der Waals surface area contributed by atoms with E-state index in [9.17, 15) is 0 Å². The first-order valence-corrected chi connectivity index (χ1v) is 11.7. The molecule has 156 valence electrons. The third kappa shape index (κ3) is 2.80. The third-order valence-electron chi connectivity index (χ3n) is 9.47. The van der Waals surface area contributed by atoms with E-state index in [0.29, 0.717) is 17.4 Å². The first kappa shape index (κ1) is 19.5. The summed E-state index contributed by atoms with van der Waals surface area (Å²) in [4.78, 5) is 8.78. The molecular weight excluding hydrogens is 356 g/mol. The maximum atomic E-state index is 5.78. The maximum absolute atomic E-state index is 5.78. The third-order valence-corrected chi connectivity index (χ3v) is 9.47. The van der Waals surface area contributed by atoms with Crippen molar-refractivity contribution in [1.29, 1.82) is 0 Å². The van der Waals surface area contributed by atoms with Crippen LogP contribution in [0.1, 0.15) is 71.4 Å². The minimum atomic E-state index is 0.258. The van der Waals surface area contributed by atoms with Crippen molar-refractivity contribution in [2.45, 2.75) is 71.8 Å². The van der Waals surface area contributed by atoms with Gasteiger partial charge in [-0.3, -0.25) is 0 Å². The highest BCUT2D eigenvalue weighted by Gasteiger charge is 2.58. The standard InChI is InChI=1S/C26H36N2O/c1-5-17-14-18-15-19(29-4)8-11-25(18,2)22-9-12-26(3)20(6-7-21(26)24(17)22)23-10-13-27-16-28-23/h6,10,13-14,16-17,19,21-22,24H,5,7-9,11-12,15H2,1-4H3/t17?,19?,21-,22+,24-,25-,26+/m0/s1. The molecule has 3 heteroatoms. The second kappa shape index (κ2) is 7.04. The molecule has 2 fully saturated rings. The van der Waals surface area contributed by atoms with Crippen molar-refractivity contribution in [3.63, 3.8) is 0 Å². The first-order valence-electron chi connectivity index (χ1n) is 11.7. The Morgan fingerprint density at radius 2 is 1.97 bits per heavy atom. The van der Waals surface area contributed by atoms with E-state index in [1.54, 1.807) is 11.9 Å². The van der Waals surface area contributed by atoms with Crippen molar-refractivity contribution in [2.24, 2.45) is 34.5 Å². The summed E-state index contributed by atoms with van der Waals surface area (Å²) in [5.74, 6) is 3.07. The average molecular weight is 393 g/mol. The van der Waals surface area contributed by atoms with Crippen LogP contribution in [0.15, 0.2) is 36.3 Å². The number of aromatic nitrogens is 2. The fraction of sp³-hybridized carbons (Fsp3) is 0.692. The van der Waals surface area contributed by atoms with Gasteiger partial charge in [-0.15, -0.1) is 0 Å². The SMILES string of the molecule is CCC1C=C2CC(OC)CC[C@]2(C)[C@@H]2CC[C@]3(C)C(c4ccncn4)=CC[C@H]3[C@H]12. The Morgan fingerprint density at radius 3 is 2.69 bits per heavy atom. The minimum Gasteiger partial charge on any atom is -0.381 e. The summed E-state index contributed by atoms with van der Waals surface area (Å²) in [6.07, 6.45) is 18.0. The second-order valence-corrected chi connectivity index (χ2v) is 10.5. The van der Waals surface area contributed by atoms with E-state index in [-0.39, 0.29) is 5.41 Å². The minimum absolute atomic E-state index is 0.258. The normalized spacial score (nSPS) is 43.7. The Morgan fingerprint density at radius 1 is 1.14 bits per heavy atom. The van der Waals surface area contributed by atoms with Crippen molar-refractivity contribution < 1.29 is 4.74 Å². The van der Waals surface area contributed by atoms with Gasteiger partial charge in [-0.2, -0.15) is 0 Å². The molecule has 3 nitrogen and oxygen atoms in total. The lowest BCUT2D eigenvalue weighted by Gasteiger charge is -2.60. The van der Waals surface area contributed by atoms with Crippen LogP contribution < -0.4 is 0 Å². The van der Waals surface area contributed by atoms with E-state index in [1.807, 2.05) is 13.3 Å². The van der Waals surface area contributed by atoms with Crippen LogP contribution in [0.2, 0.25) is 0 Å². The molecule has 0 aliphatic heterocycles. The highest BCUT2D eigenvalue weighted by atomic mass is 16.5. The quantitative estimate of drug-likeness (QED) is 0.584. The fourth-order valence-corrected chi connectivity index (χ4v) is 7.80. The molecule has 1 aromatic heterocycles. The van der Waals surface area contributed by atoms with Crippen molar-refractivity contribution in [1.82, 2.24) is 9.97 Å². The van der Waals surface area contributed by atoms with Gasteiger partial charge in [0.2, 0.25) is 0 Å². The number of hydrogen-bond acceptors (Lipinski definition) is 3. The molecule has 0 saturated heterocycles. The summed E-state index contributed by atoms with van der Waals surface area (Å²) >= 11 is 0. The van der Waals surface area contributed by atoms with Crippen LogP contribution in [-0.4, -0.2) is 23.2 Å². The Bertz CT molecular complexity index is 830. The molecule has 29 heavy (non-hydrogen) atoms. The van der Waals surface area contributed by atoms with Crippen molar-refractivity contribution >= 4 is 5.57 Å². The molecule has 0 aromatic carbocycles.